The Balaban J connectivity index is 0.000000201. The number of pyridine rings is 2. The van der Waals surface area contributed by atoms with Crippen LogP contribution in [0.25, 0.3) is 22.3 Å². The Labute approximate surface area is 379 Å². The molecule has 0 amide bonds. The molecule has 2 saturated heterocycles. The van der Waals surface area contributed by atoms with Crippen molar-refractivity contribution in [2.75, 3.05) is 42.5 Å². The third kappa shape index (κ3) is 9.07. The van der Waals surface area contributed by atoms with E-state index < -0.39 is 96.7 Å². The van der Waals surface area contributed by atoms with Crippen molar-refractivity contribution in [3.8, 4) is 0 Å². The molecule has 8 heterocycles. The summed E-state index contributed by atoms with van der Waals surface area (Å²) in [5.41, 5.74) is 10.6. The zero-order valence-electron chi connectivity index (χ0n) is 35.7. The number of carbonyl (C=O) groups excluding carboxylic acids is 2. The highest BCUT2D eigenvalue weighted by Crippen LogP contribution is 2.32. The molecule has 0 radical (unpaired) electrons. The molecule has 0 spiro atoms. The van der Waals surface area contributed by atoms with Crippen LogP contribution < -0.4 is 50.6 Å². The summed E-state index contributed by atoms with van der Waals surface area (Å²) in [7, 11) is 1.68. The van der Waals surface area contributed by atoms with Crippen molar-refractivity contribution in [2.24, 2.45) is 5.84 Å². The first-order valence-electron chi connectivity index (χ1n) is 20.2. The number of hydrogen-bond donors (Lipinski definition) is 11. The van der Waals surface area contributed by atoms with Crippen LogP contribution in [0.3, 0.4) is 0 Å². The maximum atomic E-state index is 13.1. The zero-order valence-corrected chi connectivity index (χ0v) is 35.7. The number of anilines is 4. The Morgan fingerprint density at radius 1 is 0.721 bits per heavy atom. The molecule has 8 rings (SSSR count). The second kappa shape index (κ2) is 19.8. The average molecular weight is 948 g/mol. The second-order valence-electron chi connectivity index (χ2n) is 14.9. The molecule has 0 bridgehead atoms. The normalized spacial score (nSPS) is 22.1. The quantitative estimate of drug-likeness (QED) is 0.0217. The van der Waals surface area contributed by atoms with Crippen molar-refractivity contribution in [3.63, 3.8) is 0 Å². The lowest BCUT2D eigenvalue weighted by Crippen LogP contribution is -2.36. The standard InChI is InChI=1S/C20H23N7O7.C19H22N8O7/c1-3-6-26-12-15(24-19(21)25-16(12)30)27(20(26)32)17-14(29)13(28)10(34-17)8-33-18(31)9-4-5-11(22-2)23-7-9;1-2-5-26-11-14(23-18(20)24-15(11)30)27(19(26)32)16-13(29)12(28)9(34-16)7-33-17(31)8-3-4-10(25-21)22-6-8/h3-5,7,10,13-14,17,28-29H,1,6,8H2,2H3,(H,22,23)(H3,21,24,25,30);2-4,6,9,12-13,16,28-29H,1,5,7,21H2,(H,22,25)(H3,20,23,24,30)/t10-,13-,14-,17-;9-,12-,13-,16-/m11/s1. The molecule has 29 nitrogen and oxygen atoms in total. The number of hydrazine groups is 1. The van der Waals surface area contributed by atoms with Gasteiger partial charge in [0.15, 0.2) is 34.8 Å². The van der Waals surface area contributed by atoms with E-state index in [1.807, 2.05) is 0 Å². The van der Waals surface area contributed by atoms with Gasteiger partial charge in [-0.15, -0.1) is 13.2 Å². The van der Waals surface area contributed by atoms with Crippen molar-refractivity contribution >= 4 is 57.8 Å². The van der Waals surface area contributed by atoms with Gasteiger partial charge < -0.3 is 61.6 Å². The summed E-state index contributed by atoms with van der Waals surface area (Å²) in [5, 5.41) is 45.0. The van der Waals surface area contributed by atoms with Crippen molar-refractivity contribution in [2.45, 2.75) is 62.2 Å². The minimum absolute atomic E-state index is 0.0240. The molecule has 6 aromatic heterocycles. The van der Waals surface area contributed by atoms with E-state index in [9.17, 15) is 49.2 Å². The third-order valence-electron chi connectivity index (χ3n) is 10.6. The molecule has 8 atom stereocenters. The minimum atomic E-state index is -1.61. The predicted molar refractivity (Wildman–Crippen MR) is 237 cm³/mol. The Kier molecular flexibility index (Phi) is 14.0. The first-order chi connectivity index (χ1) is 32.5. The van der Waals surface area contributed by atoms with Crippen molar-refractivity contribution < 1.29 is 49.0 Å². The van der Waals surface area contributed by atoms with Gasteiger partial charge in [-0.2, -0.15) is 9.97 Å². The fourth-order valence-corrected chi connectivity index (χ4v) is 7.36. The summed E-state index contributed by atoms with van der Waals surface area (Å²) >= 11 is 0. The van der Waals surface area contributed by atoms with Crippen molar-refractivity contribution in [1.29, 1.82) is 0 Å². The van der Waals surface area contributed by atoms with Gasteiger partial charge in [-0.25, -0.2) is 44.1 Å². The van der Waals surface area contributed by atoms with Crippen LogP contribution in [0.1, 0.15) is 33.2 Å². The first kappa shape index (κ1) is 47.9. The van der Waals surface area contributed by atoms with Gasteiger partial charge in [0.05, 0.1) is 11.1 Å². The number of nitrogens with zero attached hydrogens (tertiary/aromatic N) is 8. The number of ether oxygens (including phenoxy) is 4. The molecule has 68 heavy (non-hydrogen) atoms. The number of fused-ring (bicyclic) bond motifs is 2. The van der Waals surface area contributed by atoms with Gasteiger partial charge in [0.1, 0.15) is 61.5 Å². The Bertz CT molecular complexity index is 2900. The molecular weight excluding hydrogens is 903 g/mol. The highest BCUT2D eigenvalue weighted by Gasteiger charge is 2.47. The van der Waals surface area contributed by atoms with Gasteiger partial charge >= 0.3 is 23.3 Å². The number of imidazole rings is 2. The number of nitrogens with two attached hydrogens (primary N) is 3. The predicted octanol–water partition coefficient (Wildman–Crippen LogP) is -3.62. The van der Waals surface area contributed by atoms with Crippen LogP contribution in [0.2, 0.25) is 0 Å². The number of allylic oxidation sites excluding steroid dienone is 2. The largest absolute Gasteiger partial charge is 0.459 e. The Hall–Kier alpha value is -8.06. The topological polar surface area (TPSA) is 425 Å². The molecule has 0 aromatic carbocycles. The Morgan fingerprint density at radius 3 is 1.49 bits per heavy atom. The number of nitrogen functional groups attached to an aromatic ring is 3. The SMILES string of the molecule is C=CCn1c(=O)n([C@@H]2O[C@H](COC(=O)c3ccc(NC)nc3)[C@@H](O)[C@H]2O)c2nc(N)[nH]c(=O)c21.C=CCn1c(=O)n([C@@H]2O[C@H](COC(=O)c3ccc(NN)nc3)[C@@H](O)[C@H]2O)c2nc(N)[nH]c(=O)c21. The number of H-pyrrole nitrogens is 2. The summed E-state index contributed by atoms with van der Waals surface area (Å²) in [4.78, 5) is 96.1. The monoisotopic (exact) mass is 947 g/mol. The second-order valence-corrected chi connectivity index (χ2v) is 14.9. The first-order valence-corrected chi connectivity index (χ1v) is 20.2. The zero-order chi connectivity index (χ0) is 49.1. The summed E-state index contributed by atoms with van der Waals surface area (Å²) in [6.45, 7) is 6.21. The number of esters is 2. The van der Waals surface area contributed by atoms with E-state index in [2.05, 4.69) is 53.8 Å². The fraction of sp³-hybridized carbons (Fsp3) is 0.333. The number of aromatic amines is 2. The van der Waals surface area contributed by atoms with Crippen LogP contribution in [0.5, 0.6) is 0 Å². The molecule has 0 aliphatic carbocycles. The van der Waals surface area contributed by atoms with E-state index in [4.69, 9.17) is 36.3 Å². The maximum Gasteiger partial charge on any atom is 0.339 e. The highest BCUT2D eigenvalue weighted by molar-refractivity contribution is 5.89. The molecule has 360 valence electrons. The molecular formula is C39H45N15O14. The molecule has 29 heteroatoms. The Morgan fingerprint density at radius 2 is 1.13 bits per heavy atom. The van der Waals surface area contributed by atoms with Crippen molar-refractivity contribution in [1.82, 2.24) is 48.2 Å². The molecule has 6 aromatic rings. The van der Waals surface area contributed by atoms with Gasteiger partial charge in [-0.3, -0.25) is 28.7 Å². The van der Waals surface area contributed by atoms with E-state index in [0.717, 1.165) is 18.3 Å². The van der Waals surface area contributed by atoms with Gasteiger partial charge in [-0.1, -0.05) is 12.2 Å². The van der Waals surface area contributed by atoms with Gasteiger partial charge in [0.25, 0.3) is 11.1 Å². The van der Waals surface area contributed by atoms with E-state index >= 15 is 0 Å². The van der Waals surface area contributed by atoms with Crippen LogP contribution in [-0.2, 0) is 32.0 Å². The number of hydrogen-bond acceptors (Lipinski definition) is 23. The smallest absolute Gasteiger partial charge is 0.339 e. The molecule has 2 fully saturated rings. The molecule has 0 unspecified atom stereocenters. The van der Waals surface area contributed by atoms with Crippen LogP contribution in [0, 0.1) is 0 Å². The van der Waals surface area contributed by atoms with Crippen LogP contribution >= 0.6 is 0 Å². The van der Waals surface area contributed by atoms with Gasteiger partial charge in [0.2, 0.25) is 11.9 Å². The number of aliphatic hydroxyl groups excluding tert-OH is 4. The molecule has 14 N–H and O–H groups in total. The van der Waals surface area contributed by atoms with Crippen LogP contribution in [0.15, 0.2) is 81.1 Å². The highest BCUT2D eigenvalue weighted by atomic mass is 16.6. The number of carbonyl (C=O) groups is 2. The van der Waals surface area contributed by atoms with E-state index in [1.54, 1.807) is 13.1 Å². The summed E-state index contributed by atoms with van der Waals surface area (Å²) in [5.74, 6) is 4.14. The molecule has 2 aliphatic heterocycles. The van der Waals surface area contributed by atoms with E-state index in [-0.39, 0.29) is 58.4 Å². The summed E-state index contributed by atoms with van der Waals surface area (Å²) in [6.07, 6.45) is -6.10. The maximum absolute atomic E-state index is 13.1. The lowest BCUT2D eigenvalue weighted by Gasteiger charge is -2.15. The average Bonchev–Trinajstić information content (AvgIpc) is 3.97. The lowest BCUT2D eigenvalue weighted by molar-refractivity contribution is -0.0580. The van der Waals surface area contributed by atoms with Crippen LogP contribution in [-0.4, -0.2) is 137 Å². The fourth-order valence-electron chi connectivity index (χ4n) is 7.36. The number of aliphatic hydroxyl groups is 4. The summed E-state index contributed by atoms with van der Waals surface area (Å²) < 4.78 is 25.7. The molecule has 0 saturated carbocycles. The summed E-state index contributed by atoms with van der Waals surface area (Å²) in [6, 6.07) is 5.98. The lowest BCUT2D eigenvalue weighted by atomic mass is 10.1. The van der Waals surface area contributed by atoms with Crippen LogP contribution in [0.4, 0.5) is 23.5 Å². The van der Waals surface area contributed by atoms with E-state index in [0.29, 0.717) is 11.6 Å². The van der Waals surface area contributed by atoms with Gasteiger partial charge in [-0.05, 0) is 24.3 Å². The van der Waals surface area contributed by atoms with Gasteiger partial charge in [0, 0.05) is 32.5 Å². The number of rotatable bonds is 14. The number of aromatic nitrogens is 10. The number of nitrogens with one attached hydrogen (secondary N) is 4. The third-order valence-corrected chi connectivity index (χ3v) is 10.6. The minimum Gasteiger partial charge on any atom is -0.459 e. The molecule has 2 aliphatic rings. The van der Waals surface area contributed by atoms with E-state index in [1.165, 1.54) is 42.7 Å². The van der Waals surface area contributed by atoms with Crippen molar-refractivity contribution in [3.05, 3.63) is 115 Å².